The molecule has 4 unspecified atom stereocenters. The fourth-order valence-electron chi connectivity index (χ4n) is 2.97. The Hall–Kier alpha value is -1.42. The zero-order valence-corrected chi connectivity index (χ0v) is 14.3. The fourth-order valence-corrected chi connectivity index (χ4v) is 4.50. The summed E-state index contributed by atoms with van der Waals surface area (Å²) in [6.07, 6.45) is 0. The molecule has 1 aliphatic rings. The van der Waals surface area contributed by atoms with E-state index in [0.29, 0.717) is 17.4 Å². The summed E-state index contributed by atoms with van der Waals surface area (Å²) in [6.45, 7) is 8.78. The zero-order valence-electron chi connectivity index (χ0n) is 13.5. The summed E-state index contributed by atoms with van der Waals surface area (Å²) >= 11 is 1.88. The van der Waals surface area contributed by atoms with E-state index in [9.17, 15) is 4.79 Å². The standard InChI is InChI=1S/C18H22O3S/c1-10-7-17(19)21-16-8-14(5-6-15(10)16)20-18-13(4)12(3)11(2)9-22-18/h5-8,11-13,18H,9H2,1-4H3. The van der Waals surface area contributed by atoms with Crippen molar-refractivity contribution in [3.63, 3.8) is 0 Å². The van der Waals surface area contributed by atoms with E-state index >= 15 is 0 Å². The van der Waals surface area contributed by atoms with Crippen LogP contribution < -0.4 is 10.4 Å². The first-order valence-electron chi connectivity index (χ1n) is 7.78. The third-order valence-corrected chi connectivity index (χ3v) is 6.43. The summed E-state index contributed by atoms with van der Waals surface area (Å²) in [4.78, 5) is 11.5. The molecule has 4 heteroatoms. The second kappa shape index (κ2) is 5.99. The Bertz CT molecular complexity index is 737. The van der Waals surface area contributed by atoms with E-state index in [2.05, 4.69) is 20.8 Å². The van der Waals surface area contributed by atoms with Crippen molar-refractivity contribution in [3.05, 3.63) is 40.2 Å². The lowest BCUT2D eigenvalue weighted by molar-refractivity contribution is 0.150. The van der Waals surface area contributed by atoms with Gasteiger partial charge in [-0.1, -0.05) is 20.8 Å². The van der Waals surface area contributed by atoms with Gasteiger partial charge in [-0.2, -0.15) is 0 Å². The molecule has 118 valence electrons. The molecule has 2 heterocycles. The van der Waals surface area contributed by atoms with Crippen molar-refractivity contribution in [3.8, 4) is 5.75 Å². The van der Waals surface area contributed by atoms with Crippen molar-refractivity contribution in [2.45, 2.75) is 33.1 Å². The molecule has 0 bridgehead atoms. The lowest BCUT2D eigenvalue weighted by Gasteiger charge is -2.37. The molecule has 1 aliphatic heterocycles. The lowest BCUT2D eigenvalue weighted by Crippen LogP contribution is -2.36. The quantitative estimate of drug-likeness (QED) is 0.766. The maximum absolute atomic E-state index is 11.5. The summed E-state index contributed by atoms with van der Waals surface area (Å²) in [6, 6.07) is 7.28. The molecule has 1 saturated heterocycles. The van der Waals surface area contributed by atoms with Gasteiger partial charge in [0.15, 0.2) is 0 Å². The molecule has 3 nitrogen and oxygen atoms in total. The second-order valence-electron chi connectivity index (χ2n) is 6.42. The molecule has 0 N–H and O–H groups in total. The minimum absolute atomic E-state index is 0.153. The highest BCUT2D eigenvalue weighted by Gasteiger charge is 2.33. The van der Waals surface area contributed by atoms with Crippen LogP contribution in [-0.4, -0.2) is 11.2 Å². The molecular weight excluding hydrogens is 296 g/mol. The first-order valence-corrected chi connectivity index (χ1v) is 8.83. The molecule has 2 aromatic rings. The van der Waals surface area contributed by atoms with E-state index in [1.54, 1.807) is 0 Å². The smallest absolute Gasteiger partial charge is 0.336 e. The molecule has 3 rings (SSSR count). The highest BCUT2D eigenvalue weighted by atomic mass is 32.2. The minimum Gasteiger partial charge on any atom is -0.479 e. The number of fused-ring (bicyclic) bond motifs is 1. The number of thioether (sulfide) groups is 1. The largest absolute Gasteiger partial charge is 0.479 e. The van der Waals surface area contributed by atoms with Crippen molar-refractivity contribution in [2.75, 3.05) is 5.75 Å². The summed E-state index contributed by atoms with van der Waals surface area (Å²) in [7, 11) is 0. The Balaban J connectivity index is 1.87. The van der Waals surface area contributed by atoms with Crippen molar-refractivity contribution in [2.24, 2.45) is 17.8 Å². The van der Waals surface area contributed by atoms with E-state index in [4.69, 9.17) is 9.15 Å². The van der Waals surface area contributed by atoms with E-state index in [-0.39, 0.29) is 11.1 Å². The molecule has 0 radical (unpaired) electrons. The maximum atomic E-state index is 11.5. The summed E-state index contributed by atoms with van der Waals surface area (Å²) < 4.78 is 11.5. The maximum Gasteiger partial charge on any atom is 0.336 e. The van der Waals surface area contributed by atoms with E-state index < -0.39 is 0 Å². The van der Waals surface area contributed by atoms with Crippen LogP contribution in [0.5, 0.6) is 5.75 Å². The number of ether oxygens (including phenoxy) is 1. The number of hydrogen-bond acceptors (Lipinski definition) is 4. The van der Waals surface area contributed by atoms with Gasteiger partial charge in [-0.25, -0.2) is 4.79 Å². The summed E-state index contributed by atoms with van der Waals surface area (Å²) in [5.74, 6) is 3.75. The molecule has 1 aromatic heterocycles. The Morgan fingerprint density at radius 2 is 1.95 bits per heavy atom. The van der Waals surface area contributed by atoms with Gasteiger partial charge in [0, 0.05) is 23.4 Å². The number of aryl methyl sites for hydroxylation is 1. The monoisotopic (exact) mass is 318 g/mol. The number of hydrogen-bond donors (Lipinski definition) is 0. The second-order valence-corrected chi connectivity index (χ2v) is 7.55. The molecule has 1 aromatic carbocycles. The average molecular weight is 318 g/mol. The van der Waals surface area contributed by atoms with Crippen LogP contribution in [0.4, 0.5) is 0 Å². The van der Waals surface area contributed by atoms with Crippen LogP contribution in [0, 0.1) is 24.7 Å². The minimum atomic E-state index is -0.315. The van der Waals surface area contributed by atoms with Gasteiger partial charge in [0.25, 0.3) is 0 Å². The Kier molecular flexibility index (Phi) is 4.22. The van der Waals surface area contributed by atoms with E-state index in [1.165, 1.54) is 6.07 Å². The average Bonchev–Trinajstić information content (AvgIpc) is 2.47. The lowest BCUT2D eigenvalue weighted by atomic mass is 9.86. The van der Waals surface area contributed by atoms with Crippen molar-refractivity contribution < 1.29 is 9.15 Å². The van der Waals surface area contributed by atoms with Crippen molar-refractivity contribution in [1.29, 1.82) is 0 Å². The number of rotatable bonds is 2. The number of benzene rings is 1. The third-order valence-electron chi connectivity index (χ3n) is 4.85. The van der Waals surface area contributed by atoms with Gasteiger partial charge in [0.1, 0.15) is 16.8 Å². The predicted molar refractivity (Wildman–Crippen MR) is 91.6 cm³/mol. The van der Waals surface area contributed by atoms with Crippen LogP contribution in [0.1, 0.15) is 26.3 Å². The van der Waals surface area contributed by atoms with Crippen LogP contribution in [0.25, 0.3) is 11.0 Å². The summed E-state index contributed by atoms with van der Waals surface area (Å²) in [5.41, 5.74) is 1.36. The normalized spacial score (nSPS) is 28.7. The van der Waals surface area contributed by atoms with Gasteiger partial charge >= 0.3 is 5.63 Å². The molecule has 0 amide bonds. The van der Waals surface area contributed by atoms with Crippen LogP contribution in [0.15, 0.2) is 33.5 Å². The first kappa shape index (κ1) is 15.5. The molecule has 0 saturated carbocycles. The van der Waals surface area contributed by atoms with E-state index in [1.807, 2.05) is 36.9 Å². The first-order chi connectivity index (χ1) is 10.5. The Morgan fingerprint density at radius 1 is 1.18 bits per heavy atom. The van der Waals surface area contributed by atoms with Gasteiger partial charge in [0.2, 0.25) is 0 Å². The van der Waals surface area contributed by atoms with Crippen LogP contribution in [0.2, 0.25) is 0 Å². The van der Waals surface area contributed by atoms with Crippen molar-refractivity contribution >= 4 is 22.7 Å². The van der Waals surface area contributed by atoms with Gasteiger partial charge in [-0.3, -0.25) is 0 Å². The zero-order chi connectivity index (χ0) is 15.9. The topological polar surface area (TPSA) is 39.4 Å². The SMILES string of the molecule is Cc1cc(=O)oc2cc(OC3SCC(C)C(C)C3C)ccc12. The molecule has 4 atom stereocenters. The highest BCUT2D eigenvalue weighted by Crippen LogP contribution is 2.39. The van der Waals surface area contributed by atoms with E-state index in [0.717, 1.165) is 28.4 Å². The molecule has 22 heavy (non-hydrogen) atoms. The molecular formula is C18H22O3S. The van der Waals surface area contributed by atoms with Gasteiger partial charge in [-0.05, 0) is 42.2 Å². The fraction of sp³-hybridized carbons (Fsp3) is 0.500. The van der Waals surface area contributed by atoms with Crippen LogP contribution in [-0.2, 0) is 0 Å². The molecule has 0 aliphatic carbocycles. The Morgan fingerprint density at radius 3 is 2.73 bits per heavy atom. The van der Waals surface area contributed by atoms with Gasteiger partial charge in [-0.15, -0.1) is 11.8 Å². The molecule has 1 fully saturated rings. The van der Waals surface area contributed by atoms with Crippen LogP contribution in [0.3, 0.4) is 0 Å². The van der Waals surface area contributed by atoms with Crippen molar-refractivity contribution in [1.82, 2.24) is 0 Å². The van der Waals surface area contributed by atoms with Gasteiger partial charge in [0.05, 0.1) is 0 Å². The third kappa shape index (κ3) is 2.89. The predicted octanol–water partition coefficient (Wildman–Crippen LogP) is 4.46. The Labute approximate surface area is 135 Å². The van der Waals surface area contributed by atoms with Gasteiger partial charge < -0.3 is 9.15 Å². The van der Waals surface area contributed by atoms with Crippen LogP contribution >= 0.6 is 11.8 Å². The molecule has 0 spiro atoms. The summed E-state index contributed by atoms with van der Waals surface area (Å²) in [5, 5.41) is 0.957. The highest BCUT2D eigenvalue weighted by molar-refractivity contribution is 7.99.